The van der Waals surface area contributed by atoms with Crippen molar-refractivity contribution in [3.05, 3.63) is 52.2 Å². The first-order valence-electron chi connectivity index (χ1n) is 4.81. The second kappa shape index (κ2) is 3.73. The smallest absolute Gasteiger partial charge is 0.285 e. The normalized spacial score (nSPS) is 10.5. The van der Waals surface area contributed by atoms with Gasteiger partial charge in [-0.05, 0) is 18.1 Å². The largest absolute Gasteiger partial charge is 0.345 e. The van der Waals surface area contributed by atoms with Crippen molar-refractivity contribution in [2.24, 2.45) is 7.05 Å². The molecule has 0 amide bonds. The van der Waals surface area contributed by atoms with Gasteiger partial charge in [-0.1, -0.05) is 24.3 Å². The Morgan fingerprint density at radius 1 is 1.33 bits per heavy atom. The third-order valence-electron chi connectivity index (χ3n) is 2.47. The topological polar surface area (TPSA) is 39.8 Å². The van der Waals surface area contributed by atoms with Crippen molar-refractivity contribution < 1.29 is 0 Å². The average molecular weight is 203 g/mol. The zero-order valence-corrected chi connectivity index (χ0v) is 8.84. The summed E-state index contributed by atoms with van der Waals surface area (Å²) >= 11 is 0. The van der Waals surface area contributed by atoms with E-state index in [-0.39, 0.29) is 5.69 Å². The van der Waals surface area contributed by atoms with Crippen molar-refractivity contribution in [2.45, 2.75) is 13.5 Å². The molecule has 1 aromatic carbocycles. The highest BCUT2D eigenvalue weighted by Crippen LogP contribution is 2.07. The molecule has 1 aromatic heterocycles. The Labute approximate surface area is 87.8 Å². The number of hydrogen-bond donors (Lipinski definition) is 0. The number of rotatable bonds is 2. The first-order valence-corrected chi connectivity index (χ1v) is 4.81. The molecule has 0 aliphatic carbocycles. The fraction of sp³-hybridized carbons (Fsp3) is 0.273. The summed E-state index contributed by atoms with van der Waals surface area (Å²) in [5, 5.41) is 4.02. The quantitative estimate of drug-likeness (QED) is 0.728. The molecule has 78 valence electrons. The summed E-state index contributed by atoms with van der Waals surface area (Å²) in [5.41, 5.74) is 2.21. The van der Waals surface area contributed by atoms with Gasteiger partial charge in [-0.2, -0.15) is 5.10 Å². The minimum Gasteiger partial charge on any atom is -0.285 e. The molecule has 15 heavy (non-hydrogen) atoms. The van der Waals surface area contributed by atoms with E-state index >= 15 is 0 Å². The van der Waals surface area contributed by atoms with Crippen LogP contribution >= 0.6 is 0 Å². The molecule has 0 spiro atoms. The van der Waals surface area contributed by atoms with Gasteiger partial charge in [0.2, 0.25) is 0 Å². The van der Waals surface area contributed by atoms with Gasteiger partial charge in [0.25, 0.3) is 0 Å². The molecule has 0 saturated heterocycles. The maximum atomic E-state index is 11.5. The van der Waals surface area contributed by atoms with E-state index in [1.807, 2.05) is 31.2 Å². The minimum atomic E-state index is -0.0850. The summed E-state index contributed by atoms with van der Waals surface area (Å²) in [5.74, 6) is 0. The van der Waals surface area contributed by atoms with E-state index in [0.29, 0.717) is 6.54 Å². The third-order valence-corrected chi connectivity index (χ3v) is 2.47. The Hall–Kier alpha value is -1.84. The summed E-state index contributed by atoms with van der Waals surface area (Å²) in [6, 6.07) is 8.00. The number of hydrogen-bond acceptors (Lipinski definition) is 2. The lowest BCUT2D eigenvalue weighted by Crippen LogP contribution is -2.23. The van der Waals surface area contributed by atoms with Gasteiger partial charge < -0.3 is 0 Å². The van der Waals surface area contributed by atoms with Gasteiger partial charge in [-0.15, -0.1) is 0 Å². The third kappa shape index (κ3) is 1.83. The van der Waals surface area contributed by atoms with Crippen molar-refractivity contribution >= 4 is 0 Å². The van der Waals surface area contributed by atoms with Gasteiger partial charge in [0.15, 0.2) is 0 Å². The Morgan fingerprint density at radius 3 is 2.67 bits per heavy atom. The Balaban J connectivity index is 2.34. The van der Waals surface area contributed by atoms with Gasteiger partial charge in [-0.3, -0.25) is 4.57 Å². The predicted molar refractivity (Wildman–Crippen MR) is 57.7 cm³/mol. The molecule has 1 heterocycles. The molecule has 0 saturated carbocycles. The molecule has 0 fully saturated rings. The highest BCUT2D eigenvalue weighted by Gasteiger charge is 2.03. The van der Waals surface area contributed by atoms with E-state index in [4.69, 9.17) is 0 Å². The van der Waals surface area contributed by atoms with Crippen LogP contribution in [0, 0.1) is 6.92 Å². The van der Waals surface area contributed by atoms with E-state index in [9.17, 15) is 4.79 Å². The molecule has 0 radical (unpaired) electrons. The Bertz CT molecular complexity index is 525. The van der Waals surface area contributed by atoms with Crippen LogP contribution in [0.3, 0.4) is 0 Å². The first-order chi connectivity index (χ1) is 7.18. The van der Waals surface area contributed by atoms with Crippen LogP contribution < -0.4 is 5.69 Å². The fourth-order valence-corrected chi connectivity index (χ4v) is 1.48. The molecular formula is C11H13N3O. The second-order valence-electron chi connectivity index (χ2n) is 3.61. The van der Waals surface area contributed by atoms with Gasteiger partial charge in [0.1, 0.15) is 6.33 Å². The number of aromatic nitrogens is 3. The zero-order chi connectivity index (χ0) is 10.8. The van der Waals surface area contributed by atoms with Crippen LogP contribution in [0.1, 0.15) is 11.1 Å². The summed E-state index contributed by atoms with van der Waals surface area (Å²) in [7, 11) is 1.70. The maximum absolute atomic E-state index is 11.5. The van der Waals surface area contributed by atoms with Gasteiger partial charge in [-0.25, -0.2) is 9.48 Å². The second-order valence-corrected chi connectivity index (χ2v) is 3.61. The van der Waals surface area contributed by atoms with Crippen LogP contribution in [0.2, 0.25) is 0 Å². The van der Waals surface area contributed by atoms with Crippen LogP contribution in [-0.2, 0) is 13.6 Å². The highest BCUT2D eigenvalue weighted by atomic mass is 16.2. The molecule has 0 aliphatic rings. The van der Waals surface area contributed by atoms with E-state index in [2.05, 4.69) is 5.10 Å². The molecule has 4 nitrogen and oxygen atoms in total. The maximum Gasteiger partial charge on any atom is 0.345 e. The van der Waals surface area contributed by atoms with Crippen molar-refractivity contribution in [3.8, 4) is 0 Å². The highest BCUT2D eigenvalue weighted by molar-refractivity contribution is 5.25. The molecule has 0 unspecified atom stereocenters. The monoisotopic (exact) mass is 203 g/mol. The van der Waals surface area contributed by atoms with Crippen molar-refractivity contribution in [1.29, 1.82) is 0 Å². The van der Waals surface area contributed by atoms with E-state index in [1.54, 1.807) is 7.05 Å². The van der Waals surface area contributed by atoms with Crippen molar-refractivity contribution in [3.63, 3.8) is 0 Å². The Morgan fingerprint density at radius 2 is 2.07 bits per heavy atom. The van der Waals surface area contributed by atoms with Crippen LogP contribution in [0.5, 0.6) is 0 Å². The fourth-order valence-electron chi connectivity index (χ4n) is 1.48. The lowest BCUT2D eigenvalue weighted by atomic mass is 10.1. The van der Waals surface area contributed by atoms with Crippen LogP contribution in [0.25, 0.3) is 0 Å². The molecule has 4 heteroatoms. The number of aryl methyl sites for hydroxylation is 2. The molecule has 0 aliphatic heterocycles. The first kappa shape index (κ1) is 9.71. The zero-order valence-electron chi connectivity index (χ0n) is 8.84. The summed E-state index contributed by atoms with van der Waals surface area (Å²) in [6.07, 6.45) is 1.53. The van der Waals surface area contributed by atoms with Crippen molar-refractivity contribution in [1.82, 2.24) is 14.3 Å². The lowest BCUT2D eigenvalue weighted by molar-refractivity contribution is 0.644. The molecule has 0 bridgehead atoms. The SMILES string of the molecule is Cc1ccccc1Cn1ncn(C)c1=O. The minimum absolute atomic E-state index is 0.0850. The lowest BCUT2D eigenvalue weighted by Gasteiger charge is -2.03. The molecule has 0 N–H and O–H groups in total. The van der Waals surface area contributed by atoms with Crippen LogP contribution in [0.15, 0.2) is 35.4 Å². The number of benzene rings is 1. The summed E-state index contributed by atoms with van der Waals surface area (Å²) < 4.78 is 2.93. The van der Waals surface area contributed by atoms with Gasteiger partial charge >= 0.3 is 5.69 Å². The van der Waals surface area contributed by atoms with Gasteiger partial charge in [0.05, 0.1) is 6.54 Å². The summed E-state index contributed by atoms with van der Waals surface area (Å²) in [6.45, 7) is 2.57. The molecule has 0 atom stereocenters. The molecular weight excluding hydrogens is 190 g/mol. The van der Waals surface area contributed by atoms with Gasteiger partial charge in [0, 0.05) is 7.05 Å². The van der Waals surface area contributed by atoms with Crippen LogP contribution in [0.4, 0.5) is 0 Å². The van der Waals surface area contributed by atoms with E-state index in [1.165, 1.54) is 21.1 Å². The standard InChI is InChI=1S/C11H13N3O/c1-9-5-3-4-6-10(9)7-14-11(15)13(2)8-12-14/h3-6,8H,7H2,1-2H3. The van der Waals surface area contributed by atoms with E-state index in [0.717, 1.165) is 5.56 Å². The predicted octanol–water partition coefficient (Wildman–Crippen LogP) is 0.939. The molecule has 2 rings (SSSR count). The molecule has 2 aromatic rings. The Kier molecular flexibility index (Phi) is 2.41. The number of nitrogens with zero attached hydrogens (tertiary/aromatic N) is 3. The van der Waals surface area contributed by atoms with E-state index < -0.39 is 0 Å². The average Bonchev–Trinajstić information content (AvgIpc) is 2.53. The summed E-state index contributed by atoms with van der Waals surface area (Å²) in [4.78, 5) is 11.5. The van der Waals surface area contributed by atoms with Crippen LogP contribution in [-0.4, -0.2) is 14.3 Å². The van der Waals surface area contributed by atoms with Crippen molar-refractivity contribution in [2.75, 3.05) is 0 Å².